The second kappa shape index (κ2) is 9.03. The number of fused-ring (bicyclic) bond motifs is 1. The Morgan fingerprint density at radius 2 is 1.72 bits per heavy atom. The molecular formula is C24H39NO4. The molecule has 1 aromatic carbocycles. The van der Waals surface area contributed by atoms with Crippen molar-refractivity contribution in [3.63, 3.8) is 0 Å². The molecule has 1 aliphatic heterocycles. The number of benzene rings is 1. The molecule has 4 N–H and O–H groups in total. The second-order valence-electron chi connectivity index (χ2n) is 9.45. The molecule has 29 heavy (non-hydrogen) atoms. The molecule has 2 aliphatic rings. The first kappa shape index (κ1) is 22.7. The Bertz CT molecular complexity index is 652. The van der Waals surface area contributed by atoms with Gasteiger partial charge in [-0.1, -0.05) is 89.6 Å². The Morgan fingerprint density at radius 3 is 2.41 bits per heavy atom. The number of hydrogen-bond donors (Lipinski definition) is 3. The molecule has 2 fully saturated rings. The molecule has 0 radical (unpaired) electrons. The number of ether oxygens (including phenoxy) is 2. The monoisotopic (exact) mass is 405 g/mol. The maximum atomic E-state index is 11.5. The summed E-state index contributed by atoms with van der Waals surface area (Å²) in [5.41, 5.74) is 4.02. The summed E-state index contributed by atoms with van der Waals surface area (Å²) in [6.45, 7) is 6.61. The Hall–Kier alpha value is -0.980. The highest BCUT2D eigenvalue weighted by atomic mass is 16.7. The van der Waals surface area contributed by atoms with Crippen molar-refractivity contribution in [1.82, 2.24) is 0 Å². The quantitative estimate of drug-likeness (QED) is 0.488. The Balaban J connectivity index is 1.58. The molecule has 0 spiro atoms. The van der Waals surface area contributed by atoms with E-state index in [9.17, 15) is 10.2 Å². The summed E-state index contributed by atoms with van der Waals surface area (Å²) in [5.74, 6) is -0.297. The van der Waals surface area contributed by atoms with Crippen molar-refractivity contribution in [3.8, 4) is 0 Å². The molecule has 1 aromatic rings. The summed E-state index contributed by atoms with van der Waals surface area (Å²) in [4.78, 5) is 0. The summed E-state index contributed by atoms with van der Waals surface area (Å²) >= 11 is 0. The Morgan fingerprint density at radius 1 is 1.07 bits per heavy atom. The van der Waals surface area contributed by atoms with Crippen molar-refractivity contribution >= 4 is 0 Å². The van der Waals surface area contributed by atoms with E-state index >= 15 is 0 Å². The van der Waals surface area contributed by atoms with Gasteiger partial charge in [0.2, 0.25) is 0 Å². The molecule has 2 unspecified atom stereocenters. The van der Waals surface area contributed by atoms with Crippen molar-refractivity contribution in [2.75, 3.05) is 6.61 Å². The zero-order valence-electron chi connectivity index (χ0n) is 18.3. The summed E-state index contributed by atoms with van der Waals surface area (Å²) < 4.78 is 11.9. The first-order valence-electron chi connectivity index (χ1n) is 11.3. The summed E-state index contributed by atoms with van der Waals surface area (Å²) in [5, 5.41) is 22.9. The predicted molar refractivity (Wildman–Crippen MR) is 114 cm³/mol. The Kier molecular flexibility index (Phi) is 7.06. The van der Waals surface area contributed by atoms with Crippen LogP contribution in [0, 0.1) is 11.3 Å². The second-order valence-corrected chi connectivity index (χ2v) is 9.45. The average Bonchev–Trinajstić information content (AvgIpc) is 3.09. The minimum absolute atomic E-state index is 0.199. The van der Waals surface area contributed by atoms with Gasteiger partial charge in [-0.25, -0.2) is 0 Å². The molecule has 1 aliphatic carbocycles. The molecule has 5 atom stereocenters. The fourth-order valence-electron chi connectivity index (χ4n) is 5.26. The lowest BCUT2D eigenvalue weighted by atomic mass is 9.84. The van der Waals surface area contributed by atoms with Crippen LogP contribution in [0.5, 0.6) is 0 Å². The van der Waals surface area contributed by atoms with E-state index < -0.39 is 22.9 Å². The van der Waals surface area contributed by atoms with Crippen molar-refractivity contribution in [2.24, 2.45) is 17.1 Å². The SMILES string of the molecule is CCCCCCCCC(N)[C@H]1COC(OCc2ccccc2)[C@]2(O)C(C)(C)[C@@]12O. The number of nitrogens with two attached hydrogens (primary N) is 1. The van der Waals surface area contributed by atoms with Gasteiger partial charge in [0.05, 0.1) is 13.2 Å². The lowest BCUT2D eigenvalue weighted by Gasteiger charge is -2.39. The van der Waals surface area contributed by atoms with Crippen molar-refractivity contribution in [1.29, 1.82) is 0 Å². The molecule has 0 bridgehead atoms. The number of rotatable bonds is 11. The zero-order chi connectivity index (χ0) is 21.1. The van der Waals surface area contributed by atoms with E-state index in [1.807, 2.05) is 44.2 Å². The van der Waals surface area contributed by atoms with Gasteiger partial charge in [-0.3, -0.25) is 0 Å². The first-order valence-corrected chi connectivity index (χ1v) is 11.3. The van der Waals surface area contributed by atoms with Gasteiger partial charge in [0.25, 0.3) is 0 Å². The molecule has 5 nitrogen and oxygen atoms in total. The molecular weight excluding hydrogens is 366 g/mol. The topological polar surface area (TPSA) is 84.9 Å². The summed E-state index contributed by atoms with van der Waals surface area (Å²) in [7, 11) is 0. The van der Waals surface area contributed by atoms with Gasteiger partial charge in [-0.2, -0.15) is 0 Å². The minimum Gasteiger partial charge on any atom is -0.386 e. The first-order chi connectivity index (χ1) is 13.8. The van der Waals surface area contributed by atoms with Gasteiger partial charge in [-0.15, -0.1) is 0 Å². The Labute approximate surface area is 175 Å². The maximum Gasteiger partial charge on any atom is 0.190 e. The number of aliphatic hydroxyl groups is 2. The highest BCUT2D eigenvalue weighted by Gasteiger charge is 2.90. The van der Waals surface area contributed by atoms with Crippen molar-refractivity contribution < 1.29 is 19.7 Å². The van der Waals surface area contributed by atoms with Crippen LogP contribution in [-0.4, -0.2) is 40.4 Å². The smallest absolute Gasteiger partial charge is 0.190 e. The lowest BCUT2D eigenvalue weighted by Crippen LogP contribution is -2.56. The molecule has 0 aromatic heterocycles. The normalized spacial score (nSPS) is 33.9. The van der Waals surface area contributed by atoms with Crippen LogP contribution in [-0.2, 0) is 16.1 Å². The fraction of sp³-hybridized carbons (Fsp3) is 0.750. The molecule has 1 saturated carbocycles. The van der Waals surface area contributed by atoms with Gasteiger partial charge in [0.15, 0.2) is 11.9 Å². The van der Waals surface area contributed by atoms with E-state index in [0.29, 0.717) is 13.2 Å². The molecule has 5 heteroatoms. The van der Waals surface area contributed by atoms with Crippen LogP contribution >= 0.6 is 0 Å². The highest BCUT2D eigenvalue weighted by molar-refractivity contribution is 5.37. The lowest BCUT2D eigenvalue weighted by molar-refractivity contribution is -0.268. The molecule has 0 amide bonds. The van der Waals surface area contributed by atoms with E-state index in [4.69, 9.17) is 15.2 Å². The van der Waals surface area contributed by atoms with E-state index in [-0.39, 0.29) is 12.0 Å². The van der Waals surface area contributed by atoms with Crippen LogP contribution in [0.4, 0.5) is 0 Å². The van der Waals surface area contributed by atoms with Crippen LogP contribution in [0.3, 0.4) is 0 Å². The highest BCUT2D eigenvalue weighted by Crippen LogP contribution is 2.72. The van der Waals surface area contributed by atoms with Crippen LogP contribution in [0.2, 0.25) is 0 Å². The van der Waals surface area contributed by atoms with E-state index in [2.05, 4.69) is 6.92 Å². The predicted octanol–water partition coefficient (Wildman–Crippen LogP) is 3.76. The largest absolute Gasteiger partial charge is 0.386 e. The van der Waals surface area contributed by atoms with Crippen LogP contribution in [0.1, 0.15) is 71.3 Å². The standard InChI is InChI=1S/C24H39NO4/c1-4-5-6-7-8-12-15-20(25)19-17-29-21(24(27)22(2,3)23(19,24)26)28-16-18-13-10-9-11-14-18/h9-11,13-14,19-21,26-27H,4-8,12,15-17,25H2,1-3H3/t19-,20?,21?,23+,24+/m1/s1. The van der Waals surface area contributed by atoms with Gasteiger partial charge in [0, 0.05) is 17.4 Å². The van der Waals surface area contributed by atoms with Crippen LogP contribution < -0.4 is 5.73 Å². The van der Waals surface area contributed by atoms with Crippen molar-refractivity contribution in [3.05, 3.63) is 35.9 Å². The molecule has 1 heterocycles. The van der Waals surface area contributed by atoms with Gasteiger partial charge in [0.1, 0.15) is 5.60 Å². The zero-order valence-corrected chi connectivity index (χ0v) is 18.3. The number of unbranched alkanes of at least 4 members (excludes halogenated alkanes) is 5. The van der Waals surface area contributed by atoms with E-state index in [1.165, 1.54) is 25.7 Å². The molecule has 164 valence electrons. The average molecular weight is 406 g/mol. The van der Waals surface area contributed by atoms with Crippen LogP contribution in [0.15, 0.2) is 30.3 Å². The van der Waals surface area contributed by atoms with E-state index in [0.717, 1.165) is 24.8 Å². The third kappa shape index (κ3) is 3.88. The third-order valence-corrected chi connectivity index (χ3v) is 7.38. The van der Waals surface area contributed by atoms with Gasteiger partial charge in [-0.05, 0) is 12.0 Å². The minimum atomic E-state index is -1.45. The fourth-order valence-corrected chi connectivity index (χ4v) is 5.26. The van der Waals surface area contributed by atoms with Crippen LogP contribution in [0.25, 0.3) is 0 Å². The van der Waals surface area contributed by atoms with Gasteiger partial charge >= 0.3 is 0 Å². The van der Waals surface area contributed by atoms with Crippen molar-refractivity contribution in [2.45, 2.75) is 95.9 Å². The third-order valence-electron chi connectivity index (χ3n) is 7.38. The number of hydrogen-bond acceptors (Lipinski definition) is 5. The molecule has 1 saturated heterocycles. The van der Waals surface area contributed by atoms with Gasteiger partial charge < -0.3 is 25.4 Å². The summed E-state index contributed by atoms with van der Waals surface area (Å²) in [6, 6.07) is 9.59. The molecule has 3 rings (SSSR count). The maximum absolute atomic E-state index is 11.5. The summed E-state index contributed by atoms with van der Waals surface area (Å²) in [6.07, 6.45) is 7.22. The van der Waals surface area contributed by atoms with E-state index in [1.54, 1.807) is 0 Å².